The van der Waals surface area contributed by atoms with Crippen molar-refractivity contribution >= 4 is 11.9 Å². The van der Waals surface area contributed by atoms with Gasteiger partial charge in [0.05, 0.1) is 23.3 Å². The minimum absolute atomic E-state index is 0.0375. The molecule has 0 aliphatic rings. The number of ether oxygens (including phenoxy) is 2. The summed E-state index contributed by atoms with van der Waals surface area (Å²) in [4.78, 5) is 23.6. The molecule has 0 bridgehead atoms. The first-order valence-electron chi connectivity index (χ1n) is 6.98. The molecule has 0 unspecified atom stereocenters. The molecule has 0 aromatic heterocycles. The molecule has 0 atom stereocenters. The fourth-order valence-electron chi connectivity index (χ4n) is 1.86. The Labute approximate surface area is 135 Å². The first-order valence-corrected chi connectivity index (χ1v) is 6.98. The van der Waals surface area contributed by atoms with Gasteiger partial charge in [-0.3, -0.25) is 0 Å². The number of hydrogen-bond donors (Lipinski definition) is 0. The molecule has 2 aromatic rings. The van der Waals surface area contributed by atoms with E-state index in [9.17, 15) is 22.8 Å². The van der Waals surface area contributed by atoms with E-state index in [0.717, 1.165) is 24.3 Å². The summed E-state index contributed by atoms with van der Waals surface area (Å²) in [7, 11) is 0. The normalized spacial score (nSPS) is 11.0. The average molecular weight is 338 g/mol. The number of carbonyl (C=O) groups is 2. The smallest absolute Gasteiger partial charge is 0.416 e. The quantitative estimate of drug-likeness (QED) is 0.622. The molecule has 0 saturated heterocycles. The Morgan fingerprint density at radius 3 is 2.21 bits per heavy atom. The summed E-state index contributed by atoms with van der Waals surface area (Å²) in [6.45, 7) is 1.86. The first-order chi connectivity index (χ1) is 11.3. The van der Waals surface area contributed by atoms with E-state index in [2.05, 4.69) is 0 Å². The lowest BCUT2D eigenvalue weighted by Crippen LogP contribution is -2.11. The van der Waals surface area contributed by atoms with E-state index in [4.69, 9.17) is 9.47 Å². The van der Waals surface area contributed by atoms with Gasteiger partial charge in [0.1, 0.15) is 5.75 Å². The highest BCUT2D eigenvalue weighted by molar-refractivity contribution is 5.92. The zero-order valence-electron chi connectivity index (χ0n) is 12.6. The van der Waals surface area contributed by atoms with E-state index in [1.165, 1.54) is 24.3 Å². The van der Waals surface area contributed by atoms with E-state index in [1.807, 2.05) is 0 Å². The molecule has 0 saturated carbocycles. The van der Waals surface area contributed by atoms with Crippen molar-refractivity contribution in [2.75, 3.05) is 6.61 Å². The summed E-state index contributed by atoms with van der Waals surface area (Å²) < 4.78 is 47.4. The summed E-state index contributed by atoms with van der Waals surface area (Å²) in [6.07, 6.45) is -4.48. The lowest BCUT2D eigenvalue weighted by atomic mass is 10.1. The fourth-order valence-corrected chi connectivity index (χ4v) is 1.86. The van der Waals surface area contributed by atoms with Crippen molar-refractivity contribution in [1.82, 2.24) is 0 Å². The molecule has 7 heteroatoms. The monoisotopic (exact) mass is 338 g/mol. The topological polar surface area (TPSA) is 52.6 Å². The maximum Gasteiger partial charge on any atom is 0.416 e. The highest BCUT2D eigenvalue weighted by atomic mass is 19.4. The summed E-state index contributed by atoms with van der Waals surface area (Å²) in [6, 6.07) is 9.41. The van der Waals surface area contributed by atoms with Crippen LogP contribution in [0.25, 0.3) is 0 Å². The first kappa shape index (κ1) is 17.5. The second-order valence-corrected chi connectivity index (χ2v) is 4.71. The summed E-state index contributed by atoms with van der Waals surface area (Å²) >= 11 is 0. The second kappa shape index (κ2) is 7.16. The number of carbonyl (C=O) groups excluding carboxylic acids is 2. The highest BCUT2D eigenvalue weighted by Gasteiger charge is 2.30. The molecule has 0 aliphatic carbocycles. The van der Waals surface area contributed by atoms with E-state index >= 15 is 0 Å². The van der Waals surface area contributed by atoms with Crippen LogP contribution in [0.1, 0.15) is 33.2 Å². The number of alkyl halides is 3. The van der Waals surface area contributed by atoms with E-state index in [1.54, 1.807) is 6.92 Å². The van der Waals surface area contributed by atoms with Gasteiger partial charge in [0, 0.05) is 0 Å². The molecule has 0 fully saturated rings. The van der Waals surface area contributed by atoms with Gasteiger partial charge < -0.3 is 9.47 Å². The van der Waals surface area contributed by atoms with Crippen molar-refractivity contribution in [3.8, 4) is 5.75 Å². The van der Waals surface area contributed by atoms with Gasteiger partial charge in [-0.15, -0.1) is 0 Å². The molecule has 0 N–H and O–H groups in total. The number of esters is 2. The molecular formula is C17H13F3O4. The minimum Gasteiger partial charge on any atom is -0.462 e. The van der Waals surface area contributed by atoms with Gasteiger partial charge in [0.2, 0.25) is 0 Å². The van der Waals surface area contributed by atoms with Crippen LogP contribution < -0.4 is 4.74 Å². The second-order valence-electron chi connectivity index (χ2n) is 4.71. The van der Waals surface area contributed by atoms with Crippen LogP contribution in [-0.2, 0) is 10.9 Å². The maximum absolute atomic E-state index is 12.5. The molecule has 4 nitrogen and oxygen atoms in total. The molecule has 0 heterocycles. The van der Waals surface area contributed by atoms with Crippen molar-refractivity contribution in [3.05, 3.63) is 65.2 Å². The molecule has 24 heavy (non-hydrogen) atoms. The van der Waals surface area contributed by atoms with Crippen LogP contribution in [0, 0.1) is 0 Å². The number of hydrogen-bond acceptors (Lipinski definition) is 4. The molecular weight excluding hydrogens is 325 g/mol. The summed E-state index contributed by atoms with van der Waals surface area (Å²) in [5, 5.41) is 0. The van der Waals surface area contributed by atoms with Crippen LogP contribution in [0.2, 0.25) is 0 Å². The van der Waals surface area contributed by atoms with Crippen LogP contribution in [0.15, 0.2) is 48.5 Å². The Bertz CT molecular complexity index is 736. The van der Waals surface area contributed by atoms with Crippen LogP contribution in [0.5, 0.6) is 5.75 Å². The van der Waals surface area contributed by atoms with Crippen molar-refractivity contribution in [3.63, 3.8) is 0 Å². The van der Waals surface area contributed by atoms with Gasteiger partial charge in [-0.25, -0.2) is 9.59 Å². The Kier molecular flexibility index (Phi) is 5.23. The van der Waals surface area contributed by atoms with Crippen molar-refractivity contribution < 1.29 is 32.2 Å². The average Bonchev–Trinajstić information content (AvgIpc) is 2.54. The number of rotatable bonds is 4. The molecule has 0 aliphatic heterocycles. The van der Waals surface area contributed by atoms with Gasteiger partial charge in [-0.2, -0.15) is 13.2 Å². The number of benzene rings is 2. The van der Waals surface area contributed by atoms with Crippen molar-refractivity contribution in [2.45, 2.75) is 13.1 Å². The van der Waals surface area contributed by atoms with E-state index in [-0.39, 0.29) is 23.5 Å². The van der Waals surface area contributed by atoms with Crippen molar-refractivity contribution in [1.29, 1.82) is 0 Å². The maximum atomic E-state index is 12.5. The molecule has 2 aromatic carbocycles. The third kappa shape index (κ3) is 4.34. The van der Waals surface area contributed by atoms with Crippen LogP contribution >= 0.6 is 0 Å². The van der Waals surface area contributed by atoms with E-state index in [0.29, 0.717) is 0 Å². The SMILES string of the molecule is CCOC(=O)c1cccc(OC(=O)c2ccc(C(F)(F)F)cc2)c1. The zero-order valence-corrected chi connectivity index (χ0v) is 12.6. The van der Waals surface area contributed by atoms with Gasteiger partial charge in [0.25, 0.3) is 0 Å². The van der Waals surface area contributed by atoms with Gasteiger partial charge in [0.15, 0.2) is 0 Å². The predicted octanol–water partition coefficient (Wildman–Crippen LogP) is 4.10. The van der Waals surface area contributed by atoms with E-state index < -0.39 is 23.7 Å². The Hall–Kier alpha value is -2.83. The molecule has 2 rings (SSSR count). The van der Waals surface area contributed by atoms with Gasteiger partial charge in [-0.05, 0) is 49.4 Å². The molecule has 0 amide bonds. The Morgan fingerprint density at radius 2 is 1.62 bits per heavy atom. The molecule has 0 radical (unpaired) electrons. The summed E-state index contributed by atoms with van der Waals surface area (Å²) in [5.41, 5.74) is -0.692. The predicted molar refractivity (Wildman–Crippen MR) is 78.8 cm³/mol. The lowest BCUT2D eigenvalue weighted by Gasteiger charge is -2.08. The third-order valence-corrected chi connectivity index (χ3v) is 3.00. The number of halogens is 3. The van der Waals surface area contributed by atoms with Crippen LogP contribution in [-0.4, -0.2) is 18.5 Å². The Balaban J connectivity index is 2.12. The van der Waals surface area contributed by atoms with Gasteiger partial charge in [-0.1, -0.05) is 6.07 Å². The lowest BCUT2D eigenvalue weighted by molar-refractivity contribution is -0.137. The Morgan fingerprint density at radius 1 is 0.958 bits per heavy atom. The largest absolute Gasteiger partial charge is 0.462 e. The third-order valence-electron chi connectivity index (χ3n) is 3.00. The van der Waals surface area contributed by atoms with Gasteiger partial charge >= 0.3 is 18.1 Å². The van der Waals surface area contributed by atoms with Crippen LogP contribution in [0.3, 0.4) is 0 Å². The minimum atomic E-state index is -4.48. The molecule has 126 valence electrons. The zero-order chi connectivity index (χ0) is 17.7. The standard InChI is InChI=1S/C17H13F3O4/c1-2-23-15(21)12-4-3-5-14(10-12)24-16(22)11-6-8-13(9-7-11)17(18,19)20/h3-10H,2H2,1H3. The summed E-state index contributed by atoms with van der Waals surface area (Å²) in [5.74, 6) is -1.31. The van der Waals surface area contributed by atoms with Crippen LogP contribution in [0.4, 0.5) is 13.2 Å². The molecule has 0 spiro atoms. The fraction of sp³-hybridized carbons (Fsp3) is 0.176. The van der Waals surface area contributed by atoms with Crippen molar-refractivity contribution in [2.24, 2.45) is 0 Å². The highest BCUT2D eigenvalue weighted by Crippen LogP contribution is 2.29.